The Bertz CT molecular complexity index is 1980. The molecule has 5 N–H and O–H groups in total. The van der Waals surface area contributed by atoms with Crippen molar-refractivity contribution < 1.29 is 53.9 Å². The van der Waals surface area contributed by atoms with E-state index in [4.69, 9.17) is 5.73 Å². The number of sulfonamides is 2. The molecule has 4 rings (SSSR count). The van der Waals surface area contributed by atoms with Gasteiger partial charge in [0.2, 0.25) is 5.91 Å². The number of methoxy groups -OCH3 is 2. The Hall–Kier alpha value is -5.30. The van der Waals surface area contributed by atoms with Crippen molar-refractivity contribution in [1.82, 2.24) is 14.0 Å². The number of nitrogens with one attached hydrogen (secondary N) is 3. The van der Waals surface area contributed by atoms with Crippen LogP contribution in [0, 0.1) is 0 Å². The summed E-state index contributed by atoms with van der Waals surface area (Å²) in [5.74, 6) is -0.525. The number of aromatic nitrogens is 1. The largest absolute Gasteiger partial charge is 0.452 e. The molecule has 0 aliphatic carbocycles. The second-order valence-corrected chi connectivity index (χ2v) is 12.8. The van der Waals surface area contributed by atoms with Crippen LogP contribution in [0.4, 0.5) is 34.1 Å². The molecule has 0 unspecified atom stereocenters. The zero-order chi connectivity index (χ0) is 35.2. The van der Waals surface area contributed by atoms with Crippen molar-refractivity contribution in [3.05, 3.63) is 84.6 Å². The third-order valence-corrected chi connectivity index (χ3v) is 8.93. The van der Waals surface area contributed by atoms with Crippen molar-refractivity contribution in [2.24, 2.45) is 0 Å². The van der Waals surface area contributed by atoms with Gasteiger partial charge in [-0.15, -0.1) is 0 Å². The molecule has 4 aromatic rings. The first-order valence-electron chi connectivity index (χ1n) is 13.0. The summed E-state index contributed by atoms with van der Waals surface area (Å²) >= 11 is 0. The predicted molar refractivity (Wildman–Crippen MR) is 163 cm³/mol. The number of amides is 3. The van der Waals surface area contributed by atoms with E-state index in [1.807, 2.05) is 0 Å². The molecule has 3 amide bonds. The van der Waals surface area contributed by atoms with Gasteiger partial charge in [0.15, 0.2) is 0 Å². The Morgan fingerprint density at radius 3 is 1.74 bits per heavy atom. The van der Waals surface area contributed by atoms with Crippen LogP contribution in [0.15, 0.2) is 88.8 Å². The van der Waals surface area contributed by atoms with Crippen molar-refractivity contribution in [3.8, 4) is 0 Å². The number of carbonyl (C=O) groups is 3. The maximum Gasteiger partial charge on any atom is 0.420 e. The van der Waals surface area contributed by atoms with E-state index in [0.29, 0.717) is 11.1 Å². The lowest BCUT2D eigenvalue weighted by molar-refractivity contribution is -0.137. The van der Waals surface area contributed by atoms with Crippen LogP contribution >= 0.6 is 0 Å². The van der Waals surface area contributed by atoms with E-state index in [2.05, 4.69) is 14.8 Å². The van der Waals surface area contributed by atoms with E-state index < -0.39 is 55.9 Å². The van der Waals surface area contributed by atoms with E-state index in [1.165, 1.54) is 72.3 Å². The Morgan fingerprint density at radius 2 is 1.28 bits per heavy atom. The van der Waals surface area contributed by atoms with E-state index in [9.17, 15) is 44.4 Å². The summed E-state index contributed by atoms with van der Waals surface area (Å²) in [6, 6.07) is 14.4. The molecule has 3 aromatic carbocycles. The molecule has 1 atom stereocenters. The quantitative estimate of drug-likeness (QED) is 0.202. The fraction of sp³-hybridized carbons (Fsp3) is 0.179. The third-order valence-electron chi connectivity index (χ3n) is 6.28. The van der Waals surface area contributed by atoms with Crippen molar-refractivity contribution in [2.75, 3.05) is 25.3 Å². The number of hydrogen-bond acceptors (Lipinski definition) is 10. The van der Waals surface area contributed by atoms with Gasteiger partial charge in [-0.3, -0.25) is 4.79 Å². The number of nitrogen functional groups attached to an aromatic ring is 1. The van der Waals surface area contributed by atoms with Gasteiger partial charge in [-0.25, -0.2) is 35.9 Å². The molecule has 0 fully saturated rings. The van der Waals surface area contributed by atoms with Gasteiger partial charge in [-0.05, 0) is 79.0 Å². The Balaban J connectivity index is 0.000000335. The highest BCUT2D eigenvalue weighted by atomic mass is 32.2. The molecule has 252 valence electrons. The Morgan fingerprint density at radius 1 is 0.787 bits per heavy atom. The maximum atomic E-state index is 13.0. The minimum atomic E-state index is -4.51. The molecular formula is C28H28F3N5O9S2. The molecule has 19 heteroatoms. The van der Waals surface area contributed by atoms with E-state index in [-0.39, 0.29) is 21.0 Å². The Labute approximate surface area is 266 Å². The van der Waals surface area contributed by atoms with Crippen LogP contribution in [0.2, 0.25) is 0 Å². The molecule has 0 radical (unpaired) electrons. The molecule has 1 heterocycles. The average Bonchev–Trinajstić information content (AvgIpc) is 3.44. The van der Waals surface area contributed by atoms with Gasteiger partial charge in [0.25, 0.3) is 20.0 Å². The van der Waals surface area contributed by atoms with Crippen molar-refractivity contribution >= 4 is 60.4 Å². The van der Waals surface area contributed by atoms with Crippen LogP contribution in [-0.2, 0) is 40.5 Å². The molecule has 47 heavy (non-hydrogen) atoms. The molecule has 0 spiro atoms. The maximum absolute atomic E-state index is 13.0. The van der Waals surface area contributed by atoms with Crippen LogP contribution in [0.1, 0.15) is 18.5 Å². The van der Waals surface area contributed by atoms with Crippen LogP contribution < -0.4 is 20.5 Å². The minimum absolute atomic E-state index is 0.0536. The van der Waals surface area contributed by atoms with E-state index in [0.717, 1.165) is 26.4 Å². The van der Waals surface area contributed by atoms with Gasteiger partial charge in [0, 0.05) is 23.1 Å². The normalized spacial score (nSPS) is 12.2. The monoisotopic (exact) mass is 699 g/mol. The summed E-state index contributed by atoms with van der Waals surface area (Å²) in [5.41, 5.74) is 5.51. The number of ether oxygens (including phenoxy) is 2. The fourth-order valence-corrected chi connectivity index (χ4v) is 5.65. The van der Waals surface area contributed by atoms with Gasteiger partial charge in [-0.1, -0.05) is 6.07 Å². The molecule has 0 aliphatic rings. The summed E-state index contributed by atoms with van der Waals surface area (Å²) < 4.78 is 99.4. The smallest absolute Gasteiger partial charge is 0.420 e. The van der Waals surface area contributed by atoms with Crippen LogP contribution in [-0.4, -0.2) is 53.7 Å². The number of nitrogens with two attached hydrogens (primary N) is 1. The molecule has 1 aromatic heterocycles. The number of carbonyl (C=O) groups excluding carboxylic acids is 3. The number of anilines is 2. The van der Waals surface area contributed by atoms with Crippen LogP contribution in [0.25, 0.3) is 10.9 Å². The third kappa shape index (κ3) is 9.36. The first kappa shape index (κ1) is 36.2. The number of alkyl halides is 3. The minimum Gasteiger partial charge on any atom is -0.452 e. The van der Waals surface area contributed by atoms with Gasteiger partial charge >= 0.3 is 18.4 Å². The fourth-order valence-electron chi connectivity index (χ4n) is 3.82. The molecule has 0 saturated carbocycles. The second-order valence-electron chi connectivity index (χ2n) is 9.45. The molecule has 0 aliphatic heterocycles. The van der Waals surface area contributed by atoms with Crippen molar-refractivity contribution in [2.45, 2.75) is 28.9 Å². The van der Waals surface area contributed by atoms with Crippen LogP contribution in [0.3, 0.4) is 0 Å². The highest BCUT2D eigenvalue weighted by molar-refractivity contribution is 7.90. The summed E-state index contributed by atoms with van der Waals surface area (Å²) in [5, 5.41) is 3.13. The molecule has 0 bridgehead atoms. The SMILES string of the molecule is COC(=O)NS(=O)(=O)c1ccc(N)cc1.COC(=O)NS(=O)(=O)c1ccc(NC(=O)[C@@H](C)n2ccc3ccc(C(F)(F)F)cc32)cc1. The van der Waals surface area contributed by atoms with Crippen molar-refractivity contribution in [1.29, 1.82) is 0 Å². The lowest BCUT2D eigenvalue weighted by Crippen LogP contribution is -2.30. The van der Waals surface area contributed by atoms with Crippen LogP contribution in [0.5, 0.6) is 0 Å². The molecule has 14 nitrogen and oxygen atoms in total. The highest BCUT2D eigenvalue weighted by Gasteiger charge is 2.31. The van der Waals surface area contributed by atoms with Gasteiger partial charge in [0.05, 0.1) is 29.6 Å². The predicted octanol–water partition coefficient (Wildman–Crippen LogP) is 4.22. The zero-order valence-corrected chi connectivity index (χ0v) is 26.4. The zero-order valence-electron chi connectivity index (χ0n) is 24.7. The van der Waals surface area contributed by atoms with E-state index in [1.54, 1.807) is 15.5 Å². The topological polar surface area (TPSA) is 205 Å². The van der Waals surface area contributed by atoms with Gasteiger partial charge in [0.1, 0.15) is 6.04 Å². The highest BCUT2D eigenvalue weighted by Crippen LogP contribution is 2.32. The standard InChI is InChI=1S/C20H18F3N3O5S.C8H10N2O4S/c1-12(26-10-9-13-3-4-14(11-17(13)26)20(21,22)23)18(27)24-15-5-7-16(8-6-15)32(29,30)25-19(28)31-2;1-14-8(11)10-15(12,13)7-4-2-6(9)3-5-7/h3-12H,1-2H3,(H,24,27)(H,25,28);2-5H,9H2,1H3,(H,10,11)/t12-;/m1./s1. The summed E-state index contributed by atoms with van der Waals surface area (Å²) in [6.45, 7) is 1.52. The number of rotatable bonds is 7. The summed E-state index contributed by atoms with van der Waals surface area (Å²) in [4.78, 5) is 34.2. The van der Waals surface area contributed by atoms with Gasteiger partial charge < -0.3 is 25.1 Å². The van der Waals surface area contributed by atoms with Gasteiger partial charge in [-0.2, -0.15) is 13.2 Å². The first-order chi connectivity index (χ1) is 21.9. The number of hydrogen-bond donors (Lipinski definition) is 4. The molecular weight excluding hydrogens is 671 g/mol. The lowest BCUT2D eigenvalue weighted by Gasteiger charge is -2.16. The number of benzene rings is 3. The number of nitrogens with zero attached hydrogens (tertiary/aromatic N) is 1. The number of fused-ring (bicyclic) bond motifs is 1. The lowest BCUT2D eigenvalue weighted by atomic mass is 10.1. The first-order valence-corrected chi connectivity index (χ1v) is 16.0. The Kier molecular flexibility index (Phi) is 11.1. The summed E-state index contributed by atoms with van der Waals surface area (Å²) in [6.07, 6.45) is -5.18. The van der Waals surface area contributed by atoms with E-state index >= 15 is 0 Å². The number of halogens is 3. The van der Waals surface area contributed by atoms with Crippen molar-refractivity contribution in [3.63, 3.8) is 0 Å². The second kappa shape index (κ2) is 14.4. The summed E-state index contributed by atoms with van der Waals surface area (Å²) in [7, 11) is -5.92. The average molecular weight is 700 g/mol. The molecule has 0 saturated heterocycles.